The number of esters is 4. The van der Waals surface area contributed by atoms with Gasteiger partial charge >= 0.3 is 29.8 Å². The van der Waals surface area contributed by atoms with E-state index in [0.717, 1.165) is 32.0 Å². The zero-order chi connectivity index (χ0) is 34.8. The number of benzene rings is 3. The van der Waals surface area contributed by atoms with Crippen LogP contribution in [0.15, 0.2) is 59.1 Å². The van der Waals surface area contributed by atoms with Crippen molar-refractivity contribution in [3.8, 4) is 28.7 Å². The Bertz CT molecular complexity index is 1710. The summed E-state index contributed by atoms with van der Waals surface area (Å²) in [5, 5.41) is 12.5. The third-order valence-electron chi connectivity index (χ3n) is 5.97. The van der Waals surface area contributed by atoms with Crippen molar-refractivity contribution in [3.63, 3.8) is 0 Å². The maximum atomic E-state index is 13.6. The molecule has 3 rings (SSSR count). The molecule has 0 saturated carbocycles. The highest BCUT2D eigenvalue weighted by atomic mass is 79.9. The minimum atomic E-state index is -2.40. The molecule has 0 saturated heterocycles. The van der Waals surface area contributed by atoms with E-state index in [1.165, 1.54) is 51.7 Å². The van der Waals surface area contributed by atoms with Gasteiger partial charge in [-0.2, -0.15) is 0 Å². The van der Waals surface area contributed by atoms with Crippen LogP contribution in [0.2, 0.25) is 0 Å². The summed E-state index contributed by atoms with van der Waals surface area (Å²) in [6.07, 6.45) is -4.68. The van der Waals surface area contributed by atoms with Crippen LogP contribution in [-0.4, -0.2) is 74.4 Å². The first kappa shape index (κ1) is 35.8. The quantitative estimate of drug-likeness (QED) is 0.191. The lowest BCUT2D eigenvalue weighted by Crippen LogP contribution is -2.48. The Morgan fingerprint density at radius 2 is 1.09 bits per heavy atom. The van der Waals surface area contributed by atoms with E-state index in [1.807, 2.05) is 0 Å². The van der Waals surface area contributed by atoms with E-state index in [9.17, 15) is 33.9 Å². The van der Waals surface area contributed by atoms with Crippen LogP contribution in [0.5, 0.6) is 28.7 Å². The van der Waals surface area contributed by atoms with E-state index in [-0.39, 0.29) is 45.6 Å². The molecule has 3 aromatic carbocycles. The lowest BCUT2D eigenvalue weighted by molar-refractivity contribution is -0.157. The Morgan fingerprint density at radius 1 is 0.638 bits per heavy atom. The molecule has 2 atom stereocenters. The summed E-state index contributed by atoms with van der Waals surface area (Å²) in [5.74, 6) is -6.88. The van der Waals surface area contributed by atoms with Gasteiger partial charge in [-0.25, -0.2) is 14.4 Å². The van der Waals surface area contributed by atoms with Crippen LogP contribution in [0.1, 0.15) is 34.6 Å². The number of carbonyl (C=O) groups excluding carboxylic acids is 5. The molecule has 16 heteroatoms. The molecule has 0 fully saturated rings. The minimum absolute atomic E-state index is 0.0277. The Kier molecular flexibility index (Phi) is 12.3. The number of hydrogen-bond donors (Lipinski definition) is 2. The second kappa shape index (κ2) is 16.1. The van der Waals surface area contributed by atoms with Gasteiger partial charge in [-0.05, 0) is 54.6 Å². The van der Waals surface area contributed by atoms with E-state index in [0.29, 0.717) is 4.47 Å². The fourth-order valence-electron chi connectivity index (χ4n) is 3.91. The summed E-state index contributed by atoms with van der Waals surface area (Å²) < 4.78 is 36.6. The molecule has 47 heavy (non-hydrogen) atoms. The molecule has 3 aromatic rings. The maximum Gasteiger partial charge on any atom is 0.349 e. The lowest BCUT2D eigenvalue weighted by atomic mass is 10.1. The predicted molar refractivity (Wildman–Crippen MR) is 164 cm³/mol. The number of methoxy groups -OCH3 is 3. The van der Waals surface area contributed by atoms with Crippen LogP contribution in [0, 0.1) is 0 Å². The van der Waals surface area contributed by atoms with Crippen LogP contribution in [0.3, 0.4) is 0 Å². The van der Waals surface area contributed by atoms with Gasteiger partial charge in [0, 0.05) is 18.3 Å². The smallest absolute Gasteiger partial charge is 0.349 e. The van der Waals surface area contributed by atoms with Gasteiger partial charge in [0.15, 0.2) is 23.0 Å². The van der Waals surface area contributed by atoms with Gasteiger partial charge in [-0.15, -0.1) is 0 Å². The molecule has 15 nitrogen and oxygen atoms in total. The molecule has 1 amide bonds. The molecule has 0 aliphatic carbocycles. The van der Waals surface area contributed by atoms with Crippen LogP contribution < -0.4 is 29.0 Å². The van der Waals surface area contributed by atoms with E-state index in [2.05, 4.69) is 21.2 Å². The second-order valence-corrected chi connectivity index (χ2v) is 10.2. The van der Waals surface area contributed by atoms with Crippen molar-refractivity contribution in [3.05, 3.63) is 70.2 Å². The summed E-state index contributed by atoms with van der Waals surface area (Å²) in [6.45, 7) is 2.31. The number of carboxylic acids is 1. The second-order valence-electron chi connectivity index (χ2n) is 9.24. The first-order valence-electron chi connectivity index (χ1n) is 13.3. The molecule has 0 heterocycles. The van der Waals surface area contributed by atoms with Crippen molar-refractivity contribution in [2.45, 2.75) is 26.1 Å². The van der Waals surface area contributed by atoms with Crippen molar-refractivity contribution >= 4 is 57.4 Å². The van der Waals surface area contributed by atoms with E-state index in [1.54, 1.807) is 6.07 Å². The molecule has 248 valence electrons. The van der Waals surface area contributed by atoms with Crippen LogP contribution in [0.4, 0.5) is 5.69 Å². The standard InChI is InChI=1S/C31H28BrNO14/c1-15(34)44-22-9-6-17(12-24(22)42-4)30(39)46-26(28(36)33-20-14-19(32)8-11-21(20)41-3)27(29(37)38)47-31(40)18-7-10-23(45-16(2)35)25(13-18)43-5/h6-14,26-27H,1-5H3,(H,33,36)(H,37,38)/t26-,27-/m1/s1. The largest absolute Gasteiger partial charge is 0.495 e. The molecule has 0 unspecified atom stereocenters. The van der Waals surface area contributed by atoms with Crippen molar-refractivity contribution < 1.29 is 67.0 Å². The lowest BCUT2D eigenvalue weighted by Gasteiger charge is -2.24. The van der Waals surface area contributed by atoms with Gasteiger partial charge in [0.1, 0.15) is 5.75 Å². The SMILES string of the molecule is COc1ccc(Br)cc1NC(=O)[C@H](OC(=O)c1ccc(OC(C)=O)c(OC)c1)[C@@H](OC(=O)c1ccc(OC(C)=O)c(OC)c1)C(=O)O. The summed E-state index contributed by atoms with van der Waals surface area (Å²) >= 11 is 3.26. The Hall–Kier alpha value is -5.64. The molecule has 0 aliphatic heterocycles. The number of ether oxygens (including phenoxy) is 7. The molecular formula is C31H28BrNO14. The molecule has 0 aliphatic rings. The molecule has 2 N–H and O–H groups in total. The number of amides is 1. The highest BCUT2D eigenvalue weighted by Gasteiger charge is 2.41. The number of nitrogens with one attached hydrogen (secondary N) is 1. The summed E-state index contributed by atoms with van der Waals surface area (Å²) in [5.41, 5.74) is -0.438. The van der Waals surface area contributed by atoms with Gasteiger partial charge < -0.3 is 43.6 Å². The molecule has 0 radical (unpaired) electrons. The first-order valence-corrected chi connectivity index (χ1v) is 14.1. The van der Waals surface area contributed by atoms with Gasteiger partial charge in [-0.3, -0.25) is 14.4 Å². The number of hydrogen-bond acceptors (Lipinski definition) is 13. The monoisotopic (exact) mass is 717 g/mol. The summed E-state index contributed by atoms with van der Waals surface area (Å²) in [6, 6.07) is 11.6. The number of carbonyl (C=O) groups is 6. The fraction of sp³-hybridized carbons (Fsp3) is 0.226. The van der Waals surface area contributed by atoms with Crippen LogP contribution >= 0.6 is 15.9 Å². The predicted octanol–water partition coefficient (Wildman–Crippen LogP) is 3.80. The number of halogens is 1. The maximum absolute atomic E-state index is 13.6. The highest BCUT2D eigenvalue weighted by molar-refractivity contribution is 9.10. The van der Waals surface area contributed by atoms with Crippen LogP contribution in [0.25, 0.3) is 0 Å². The molecule has 0 aromatic heterocycles. The third kappa shape index (κ3) is 9.43. The zero-order valence-electron chi connectivity index (χ0n) is 25.5. The number of rotatable bonds is 13. The molecular weight excluding hydrogens is 690 g/mol. The Balaban J connectivity index is 2.02. The fourth-order valence-corrected chi connectivity index (χ4v) is 4.27. The van der Waals surface area contributed by atoms with Crippen molar-refractivity contribution in [1.29, 1.82) is 0 Å². The molecule has 0 spiro atoms. The topological polar surface area (TPSA) is 199 Å². The number of anilines is 1. The van der Waals surface area contributed by atoms with E-state index < -0.39 is 48.0 Å². The summed E-state index contributed by atoms with van der Waals surface area (Å²) in [7, 11) is 3.81. The highest BCUT2D eigenvalue weighted by Crippen LogP contribution is 2.31. The average Bonchev–Trinajstić information content (AvgIpc) is 3.02. The van der Waals surface area contributed by atoms with Gasteiger partial charge in [0.2, 0.25) is 12.2 Å². The van der Waals surface area contributed by atoms with Gasteiger partial charge in [0.25, 0.3) is 5.91 Å². The van der Waals surface area contributed by atoms with Crippen molar-refractivity contribution in [2.24, 2.45) is 0 Å². The molecule has 0 bridgehead atoms. The van der Waals surface area contributed by atoms with Gasteiger partial charge in [-0.1, -0.05) is 15.9 Å². The van der Waals surface area contributed by atoms with Gasteiger partial charge in [0.05, 0.1) is 38.1 Å². The summed E-state index contributed by atoms with van der Waals surface area (Å²) in [4.78, 5) is 75.3. The number of aliphatic carboxylic acids is 1. The van der Waals surface area contributed by atoms with E-state index >= 15 is 0 Å². The average molecular weight is 718 g/mol. The third-order valence-corrected chi connectivity index (χ3v) is 6.46. The Labute approximate surface area is 275 Å². The number of carboxylic acid groups (broad SMARTS) is 1. The first-order chi connectivity index (χ1) is 22.3. The van der Waals surface area contributed by atoms with Crippen molar-refractivity contribution in [1.82, 2.24) is 0 Å². The minimum Gasteiger partial charge on any atom is -0.495 e. The van der Waals surface area contributed by atoms with E-state index in [4.69, 9.17) is 33.2 Å². The normalized spacial score (nSPS) is 11.6. The Morgan fingerprint density at radius 3 is 1.51 bits per heavy atom. The zero-order valence-corrected chi connectivity index (χ0v) is 27.1. The van der Waals surface area contributed by atoms with Crippen molar-refractivity contribution in [2.75, 3.05) is 26.6 Å². The van der Waals surface area contributed by atoms with Crippen LogP contribution in [-0.2, 0) is 28.7 Å².